The lowest BCUT2D eigenvalue weighted by molar-refractivity contribution is -0.115. The highest BCUT2D eigenvalue weighted by molar-refractivity contribution is 7.91. The number of nitriles is 1. The zero-order valence-electron chi connectivity index (χ0n) is 19.7. The van der Waals surface area contributed by atoms with Gasteiger partial charge in [0.15, 0.2) is 9.84 Å². The molecule has 4 rings (SSSR count). The molecule has 0 aliphatic heterocycles. The predicted molar refractivity (Wildman–Crippen MR) is 141 cm³/mol. The van der Waals surface area contributed by atoms with E-state index in [-0.39, 0.29) is 33.4 Å². The number of nitrogens with one attached hydrogen (secondary N) is 1. The van der Waals surface area contributed by atoms with Crippen LogP contribution in [-0.4, -0.2) is 25.9 Å². The lowest BCUT2D eigenvalue weighted by Crippen LogP contribution is -2.13. The van der Waals surface area contributed by atoms with Crippen molar-refractivity contribution >= 4 is 37.9 Å². The minimum atomic E-state index is -3.34. The second-order valence-corrected chi connectivity index (χ2v) is 11.5. The third-order valence-electron chi connectivity index (χ3n) is 5.65. The molecule has 0 aliphatic rings. The molecular formula is C28H21FN2O4S2. The number of amides is 1. The fourth-order valence-corrected chi connectivity index (χ4v) is 5.64. The molecule has 37 heavy (non-hydrogen) atoms. The molecule has 9 heteroatoms. The van der Waals surface area contributed by atoms with Crippen molar-refractivity contribution in [3.05, 3.63) is 106 Å². The zero-order chi connectivity index (χ0) is 26.6. The molecule has 0 spiro atoms. The van der Waals surface area contributed by atoms with E-state index >= 15 is 0 Å². The van der Waals surface area contributed by atoms with Crippen LogP contribution in [0.25, 0.3) is 11.1 Å². The number of halogens is 1. The summed E-state index contributed by atoms with van der Waals surface area (Å²) in [7, 11) is -3.34. The molecule has 0 bridgehead atoms. The van der Waals surface area contributed by atoms with Gasteiger partial charge in [0.2, 0.25) is 11.7 Å². The second-order valence-electron chi connectivity index (χ2n) is 8.13. The predicted octanol–water partition coefficient (Wildman–Crippen LogP) is 5.63. The van der Waals surface area contributed by atoms with E-state index in [1.54, 1.807) is 55.5 Å². The summed E-state index contributed by atoms with van der Waals surface area (Å²) in [5, 5.41) is 12.4. The molecule has 1 N–H and O–H groups in total. The van der Waals surface area contributed by atoms with Gasteiger partial charge in [-0.25, -0.2) is 12.8 Å². The van der Waals surface area contributed by atoms with Crippen LogP contribution in [0.3, 0.4) is 0 Å². The summed E-state index contributed by atoms with van der Waals surface area (Å²) in [5.41, 5.74) is 1.98. The van der Waals surface area contributed by atoms with E-state index in [1.807, 2.05) is 0 Å². The smallest absolute Gasteiger partial charge is 0.229 e. The van der Waals surface area contributed by atoms with Crippen LogP contribution in [-0.2, 0) is 21.1 Å². The molecule has 0 fully saturated rings. The number of anilines is 1. The van der Waals surface area contributed by atoms with Crippen molar-refractivity contribution < 1.29 is 22.4 Å². The van der Waals surface area contributed by atoms with Crippen LogP contribution in [0.4, 0.5) is 9.39 Å². The Hall–Kier alpha value is -4.13. The van der Waals surface area contributed by atoms with Crippen LogP contribution >= 0.6 is 11.3 Å². The molecule has 0 saturated carbocycles. The van der Waals surface area contributed by atoms with E-state index in [0.717, 1.165) is 11.3 Å². The summed E-state index contributed by atoms with van der Waals surface area (Å²) >= 11 is 1.02. The van der Waals surface area contributed by atoms with Crippen LogP contribution in [0.2, 0.25) is 0 Å². The Morgan fingerprint density at radius 3 is 2.41 bits per heavy atom. The lowest BCUT2D eigenvalue weighted by atomic mass is 10.00. The zero-order valence-corrected chi connectivity index (χ0v) is 21.3. The van der Waals surface area contributed by atoms with Crippen molar-refractivity contribution in [1.29, 1.82) is 5.26 Å². The molecule has 0 saturated heterocycles. The van der Waals surface area contributed by atoms with E-state index in [4.69, 9.17) is 0 Å². The molecule has 1 aromatic heterocycles. The number of hydrogen-bond acceptors (Lipinski definition) is 6. The van der Waals surface area contributed by atoms with Crippen LogP contribution in [0.1, 0.15) is 33.3 Å². The van der Waals surface area contributed by atoms with Gasteiger partial charge < -0.3 is 5.32 Å². The topological polar surface area (TPSA) is 104 Å². The number of sulfone groups is 1. The molecule has 0 unspecified atom stereocenters. The fraction of sp³-hybridized carbons (Fsp3) is 0.107. The van der Waals surface area contributed by atoms with Gasteiger partial charge in [0, 0.05) is 5.56 Å². The summed E-state index contributed by atoms with van der Waals surface area (Å²) in [6.07, 6.45) is -0.0137. The van der Waals surface area contributed by atoms with Crippen LogP contribution in [0, 0.1) is 17.1 Å². The quantitative estimate of drug-likeness (QED) is 0.296. The molecule has 0 atom stereocenters. The highest BCUT2D eigenvalue weighted by Crippen LogP contribution is 2.37. The average molecular weight is 533 g/mol. The lowest BCUT2D eigenvalue weighted by Gasteiger charge is -2.05. The average Bonchev–Trinajstić information content (AvgIpc) is 3.32. The Bertz CT molecular complexity index is 1640. The van der Waals surface area contributed by atoms with Gasteiger partial charge in [-0.05, 0) is 53.6 Å². The number of benzene rings is 3. The molecule has 3 aromatic carbocycles. The monoisotopic (exact) mass is 532 g/mol. The van der Waals surface area contributed by atoms with E-state index in [2.05, 4.69) is 11.4 Å². The Labute approximate surface area is 217 Å². The standard InChI is InChI=1S/C28H21FN2O4S2/c1-2-37(34,35)21-12-10-18(11-13-21)15-25(32)31-26-16-23(20-7-5-6-19(14-20)17-30)28(36-26)27(33)22-8-3-4-9-24(22)29/h3-14,16H,2,15H2,1H3,(H,31,32). The molecule has 6 nitrogen and oxygen atoms in total. The maximum Gasteiger partial charge on any atom is 0.229 e. The number of carbonyl (C=O) groups is 2. The van der Waals surface area contributed by atoms with E-state index in [9.17, 15) is 27.7 Å². The first kappa shape index (κ1) is 25.9. The first-order valence-electron chi connectivity index (χ1n) is 11.3. The maximum absolute atomic E-state index is 14.4. The van der Waals surface area contributed by atoms with E-state index in [1.165, 1.54) is 30.3 Å². The third kappa shape index (κ3) is 5.82. The first-order chi connectivity index (χ1) is 17.7. The Kier molecular flexibility index (Phi) is 7.62. The third-order valence-corrected chi connectivity index (χ3v) is 8.45. The van der Waals surface area contributed by atoms with E-state index in [0.29, 0.717) is 27.3 Å². The summed E-state index contributed by atoms with van der Waals surface area (Å²) in [6.45, 7) is 1.56. The Morgan fingerprint density at radius 1 is 1.00 bits per heavy atom. The van der Waals surface area contributed by atoms with Crippen molar-refractivity contribution in [2.24, 2.45) is 0 Å². The van der Waals surface area contributed by atoms with Crippen LogP contribution in [0.15, 0.2) is 83.8 Å². The molecule has 1 amide bonds. The molecule has 1 heterocycles. The Morgan fingerprint density at radius 2 is 1.73 bits per heavy atom. The van der Waals surface area contributed by atoms with Crippen molar-refractivity contribution in [3.63, 3.8) is 0 Å². The van der Waals surface area contributed by atoms with Crippen LogP contribution < -0.4 is 5.32 Å². The Balaban J connectivity index is 1.63. The molecule has 0 radical (unpaired) electrons. The van der Waals surface area contributed by atoms with Gasteiger partial charge in [0.25, 0.3) is 0 Å². The number of nitrogens with zero attached hydrogens (tertiary/aromatic N) is 1. The number of rotatable bonds is 8. The van der Waals surface area contributed by atoms with Gasteiger partial charge in [-0.2, -0.15) is 5.26 Å². The van der Waals surface area contributed by atoms with Crippen molar-refractivity contribution in [2.75, 3.05) is 11.1 Å². The van der Waals surface area contributed by atoms with Crippen molar-refractivity contribution in [2.45, 2.75) is 18.2 Å². The molecule has 0 aliphatic carbocycles. The number of carbonyl (C=O) groups excluding carboxylic acids is 2. The largest absolute Gasteiger partial charge is 0.317 e. The number of hydrogen-bond donors (Lipinski definition) is 1. The van der Waals surface area contributed by atoms with Gasteiger partial charge in [-0.1, -0.05) is 43.3 Å². The van der Waals surface area contributed by atoms with Gasteiger partial charge >= 0.3 is 0 Å². The summed E-state index contributed by atoms with van der Waals surface area (Å²) in [4.78, 5) is 26.5. The van der Waals surface area contributed by atoms with E-state index < -0.39 is 21.4 Å². The fourth-order valence-electron chi connectivity index (χ4n) is 3.71. The molecule has 186 valence electrons. The van der Waals surface area contributed by atoms with Crippen LogP contribution in [0.5, 0.6) is 0 Å². The van der Waals surface area contributed by atoms with Gasteiger partial charge in [0.05, 0.1) is 44.1 Å². The number of ketones is 1. The van der Waals surface area contributed by atoms with Gasteiger partial charge in [-0.3, -0.25) is 9.59 Å². The second kappa shape index (κ2) is 10.9. The first-order valence-corrected chi connectivity index (χ1v) is 13.7. The van der Waals surface area contributed by atoms with Gasteiger partial charge in [-0.15, -0.1) is 11.3 Å². The maximum atomic E-state index is 14.4. The number of thiophene rings is 1. The highest BCUT2D eigenvalue weighted by atomic mass is 32.2. The van der Waals surface area contributed by atoms with Gasteiger partial charge in [0.1, 0.15) is 5.82 Å². The molecule has 4 aromatic rings. The normalized spacial score (nSPS) is 11.1. The summed E-state index contributed by atoms with van der Waals surface area (Å²) in [6, 6.07) is 22.1. The summed E-state index contributed by atoms with van der Waals surface area (Å²) < 4.78 is 38.4. The highest BCUT2D eigenvalue weighted by Gasteiger charge is 2.22. The SMILES string of the molecule is CCS(=O)(=O)c1ccc(CC(=O)Nc2cc(-c3cccc(C#N)c3)c(C(=O)c3ccccc3F)s2)cc1. The molecular weight excluding hydrogens is 511 g/mol. The van der Waals surface area contributed by atoms with Crippen molar-refractivity contribution in [3.8, 4) is 17.2 Å². The minimum Gasteiger partial charge on any atom is -0.317 e. The minimum absolute atomic E-state index is 0.0137. The van der Waals surface area contributed by atoms with Crippen molar-refractivity contribution in [1.82, 2.24) is 0 Å². The summed E-state index contributed by atoms with van der Waals surface area (Å²) in [5.74, 6) is -1.57.